The largest absolute Gasteiger partial charge is 0.353 e. The molecule has 0 spiro atoms. The Morgan fingerprint density at radius 3 is 2.65 bits per heavy atom. The summed E-state index contributed by atoms with van der Waals surface area (Å²) in [5, 5.41) is 5.37. The molecule has 0 bridgehead atoms. The van der Waals surface area contributed by atoms with Crippen molar-refractivity contribution in [2.45, 2.75) is 32.0 Å². The van der Waals surface area contributed by atoms with Gasteiger partial charge in [0, 0.05) is 6.04 Å². The SMILES string of the molecule is CC(C)[C@@H](C)NC(=O)CSc1nc2ccsc2c(=O)n1-c1ccccc1. The molecule has 1 amide bonds. The number of hydrogen-bond donors (Lipinski definition) is 1. The first-order valence-corrected chi connectivity index (χ1v) is 10.3. The topological polar surface area (TPSA) is 64.0 Å². The third-order valence-electron chi connectivity index (χ3n) is 4.18. The summed E-state index contributed by atoms with van der Waals surface area (Å²) in [4.78, 5) is 29.8. The lowest BCUT2D eigenvalue weighted by Gasteiger charge is -2.17. The zero-order chi connectivity index (χ0) is 18.7. The van der Waals surface area contributed by atoms with Gasteiger partial charge in [-0.3, -0.25) is 14.2 Å². The van der Waals surface area contributed by atoms with Crippen LogP contribution in [-0.2, 0) is 4.79 Å². The van der Waals surface area contributed by atoms with E-state index in [9.17, 15) is 9.59 Å². The molecule has 5 nitrogen and oxygen atoms in total. The molecular formula is C19H21N3O2S2. The molecular weight excluding hydrogens is 366 g/mol. The molecule has 2 aromatic heterocycles. The third kappa shape index (κ3) is 3.99. The monoisotopic (exact) mass is 387 g/mol. The average Bonchev–Trinajstić information content (AvgIpc) is 3.09. The van der Waals surface area contributed by atoms with Crippen LogP contribution < -0.4 is 10.9 Å². The van der Waals surface area contributed by atoms with E-state index in [1.54, 1.807) is 4.57 Å². The Kier molecular flexibility index (Phi) is 5.78. The highest BCUT2D eigenvalue weighted by Crippen LogP contribution is 2.23. The van der Waals surface area contributed by atoms with Gasteiger partial charge in [-0.05, 0) is 36.4 Å². The van der Waals surface area contributed by atoms with Crippen LogP contribution in [0.3, 0.4) is 0 Å². The van der Waals surface area contributed by atoms with Crippen molar-refractivity contribution in [3.8, 4) is 5.69 Å². The second kappa shape index (κ2) is 8.05. The Hall–Kier alpha value is -2.12. The maximum Gasteiger partial charge on any atom is 0.276 e. The summed E-state index contributed by atoms with van der Waals surface area (Å²) < 4.78 is 2.21. The number of nitrogens with one attached hydrogen (secondary N) is 1. The number of carbonyl (C=O) groups excluding carboxylic acids is 1. The number of thioether (sulfide) groups is 1. The Balaban J connectivity index is 1.92. The molecule has 0 aliphatic rings. The quantitative estimate of drug-likeness (QED) is 0.517. The molecule has 0 unspecified atom stereocenters. The van der Waals surface area contributed by atoms with Crippen LogP contribution in [-0.4, -0.2) is 27.3 Å². The van der Waals surface area contributed by atoms with Gasteiger partial charge in [0.25, 0.3) is 5.56 Å². The standard InChI is InChI=1S/C19H21N3O2S2/c1-12(2)13(3)20-16(23)11-26-19-21-15-9-10-25-17(15)18(24)22(19)14-7-5-4-6-8-14/h4-10,12-13H,11H2,1-3H3,(H,20,23)/t13-/m1/s1. The van der Waals surface area contributed by atoms with E-state index in [2.05, 4.69) is 24.1 Å². The molecule has 1 aromatic carbocycles. The smallest absolute Gasteiger partial charge is 0.276 e. The molecule has 0 aliphatic carbocycles. The lowest BCUT2D eigenvalue weighted by molar-refractivity contribution is -0.119. The zero-order valence-corrected chi connectivity index (χ0v) is 16.6. The van der Waals surface area contributed by atoms with Crippen LogP contribution in [0.15, 0.2) is 51.7 Å². The molecule has 3 aromatic rings. The number of para-hydroxylation sites is 1. The van der Waals surface area contributed by atoms with Gasteiger partial charge < -0.3 is 5.32 Å². The van der Waals surface area contributed by atoms with Crippen molar-refractivity contribution >= 4 is 39.2 Å². The van der Waals surface area contributed by atoms with Crippen molar-refractivity contribution in [3.05, 3.63) is 52.1 Å². The van der Waals surface area contributed by atoms with Crippen molar-refractivity contribution < 1.29 is 4.79 Å². The zero-order valence-electron chi connectivity index (χ0n) is 14.9. The first-order chi connectivity index (χ1) is 12.5. The summed E-state index contributed by atoms with van der Waals surface area (Å²) in [5.74, 6) is 0.522. The number of hydrogen-bond acceptors (Lipinski definition) is 5. The van der Waals surface area contributed by atoms with E-state index in [-0.39, 0.29) is 23.3 Å². The molecule has 2 heterocycles. The second-order valence-corrected chi connectivity index (χ2v) is 8.25. The summed E-state index contributed by atoms with van der Waals surface area (Å²) in [6.45, 7) is 6.12. The minimum atomic E-state index is -0.102. The van der Waals surface area contributed by atoms with Gasteiger partial charge in [0.1, 0.15) is 4.70 Å². The van der Waals surface area contributed by atoms with Crippen molar-refractivity contribution in [3.63, 3.8) is 0 Å². The molecule has 0 saturated carbocycles. The van der Waals surface area contributed by atoms with E-state index in [4.69, 9.17) is 0 Å². The fraction of sp³-hybridized carbons (Fsp3) is 0.316. The summed E-state index contributed by atoms with van der Waals surface area (Å²) >= 11 is 2.66. The highest BCUT2D eigenvalue weighted by Gasteiger charge is 2.16. The fourth-order valence-corrected chi connectivity index (χ4v) is 3.97. The number of fused-ring (bicyclic) bond motifs is 1. The Morgan fingerprint density at radius 1 is 1.23 bits per heavy atom. The van der Waals surface area contributed by atoms with Gasteiger partial charge >= 0.3 is 0 Å². The number of aromatic nitrogens is 2. The summed E-state index contributed by atoms with van der Waals surface area (Å²) in [6.07, 6.45) is 0. The first kappa shape index (κ1) is 18.7. The predicted octanol–water partition coefficient (Wildman–Crippen LogP) is 3.70. The van der Waals surface area contributed by atoms with Crippen LogP contribution in [0.25, 0.3) is 15.9 Å². The molecule has 0 fully saturated rings. The van der Waals surface area contributed by atoms with Gasteiger partial charge in [0.05, 0.1) is 17.0 Å². The van der Waals surface area contributed by atoms with Gasteiger partial charge in [-0.25, -0.2) is 4.98 Å². The van der Waals surface area contributed by atoms with E-state index < -0.39 is 0 Å². The molecule has 0 saturated heterocycles. The predicted molar refractivity (Wildman–Crippen MR) is 108 cm³/mol. The molecule has 26 heavy (non-hydrogen) atoms. The van der Waals surface area contributed by atoms with Gasteiger partial charge in [-0.2, -0.15) is 0 Å². The third-order valence-corrected chi connectivity index (χ3v) is 6.01. The van der Waals surface area contributed by atoms with Gasteiger partial charge in [-0.15, -0.1) is 11.3 Å². The molecule has 3 rings (SSSR count). The fourth-order valence-electron chi connectivity index (χ4n) is 2.39. The van der Waals surface area contributed by atoms with E-state index in [1.165, 1.54) is 23.1 Å². The minimum Gasteiger partial charge on any atom is -0.353 e. The summed E-state index contributed by atoms with van der Waals surface area (Å²) in [6, 6.07) is 11.3. The number of carbonyl (C=O) groups is 1. The van der Waals surface area contributed by atoms with Crippen molar-refractivity contribution in [2.75, 3.05) is 5.75 Å². The summed E-state index contributed by atoms with van der Waals surface area (Å²) in [5.41, 5.74) is 1.32. The molecule has 136 valence electrons. The molecule has 0 radical (unpaired) electrons. The Labute approximate surface area is 160 Å². The number of rotatable bonds is 6. The van der Waals surface area contributed by atoms with Crippen LogP contribution in [0, 0.1) is 5.92 Å². The number of nitrogens with zero attached hydrogens (tertiary/aromatic N) is 2. The van der Waals surface area contributed by atoms with Crippen molar-refractivity contribution in [2.24, 2.45) is 5.92 Å². The second-order valence-electron chi connectivity index (χ2n) is 6.39. The molecule has 1 atom stereocenters. The van der Waals surface area contributed by atoms with Crippen molar-refractivity contribution in [1.82, 2.24) is 14.9 Å². The van der Waals surface area contributed by atoms with Crippen LogP contribution in [0.1, 0.15) is 20.8 Å². The normalized spacial score (nSPS) is 12.5. The minimum absolute atomic E-state index is 0.0597. The molecule has 0 aliphatic heterocycles. The van der Waals surface area contributed by atoms with Crippen LogP contribution in [0.4, 0.5) is 0 Å². The van der Waals surface area contributed by atoms with E-state index in [0.717, 1.165) is 5.69 Å². The Bertz CT molecular complexity index is 964. The average molecular weight is 388 g/mol. The number of amides is 1. The maximum atomic E-state index is 12.9. The lowest BCUT2D eigenvalue weighted by atomic mass is 10.1. The highest BCUT2D eigenvalue weighted by atomic mass is 32.2. The van der Waals surface area contributed by atoms with E-state index in [0.29, 0.717) is 21.3 Å². The van der Waals surface area contributed by atoms with Crippen LogP contribution in [0.5, 0.6) is 0 Å². The van der Waals surface area contributed by atoms with E-state index in [1.807, 2.05) is 48.7 Å². The molecule has 1 N–H and O–H groups in total. The summed E-state index contributed by atoms with van der Waals surface area (Å²) in [7, 11) is 0. The maximum absolute atomic E-state index is 12.9. The van der Waals surface area contributed by atoms with Crippen molar-refractivity contribution in [1.29, 1.82) is 0 Å². The highest BCUT2D eigenvalue weighted by molar-refractivity contribution is 7.99. The van der Waals surface area contributed by atoms with Crippen LogP contribution in [0.2, 0.25) is 0 Å². The number of benzene rings is 1. The van der Waals surface area contributed by atoms with Gasteiger partial charge in [0.15, 0.2) is 5.16 Å². The first-order valence-electron chi connectivity index (χ1n) is 8.45. The number of thiophene rings is 1. The van der Waals surface area contributed by atoms with E-state index >= 15 is 0 Å². The Morgan fingerprint density at radius 2 is 1.96 bits per heavy atom. The van der Waals surface area contributed by atoms with Gasteiger partial charge in [0.2, 0.25) is 5.91 Å². The molecule has 7 heteroatoms. The van der Waals surface area contributed by atoms with Gasteiger partial charge in [-0.1, -0.05) is 43.8 Å². The van der Waals surface area contributed by atoms with Crippen LogP contribution >= 0.6 is 23.1 Å². The lowest BCUT2D eigenvalue weighted by Crippen LogP contribution is -2.37.